The van der Waals surface area contributed by atoms with Crippen LogP contribution in [0, 0.1) is 0 Å². The Balaban J connectivity index is 2.13. The fraction of sp³-hybridized carbons (Fsp3) is 0.500. The van der Waals surface area contributed by atoms with Gasteiger partial charge in [-0.25, -0.2) is 0 Å². The smallest absolute Gasteiger partial charge is 0.288 e. The maximum Gasteiger partial charge on any atom is 0.288 e. The van der Waals surface area contributed by atoms with E-state index in [1.165, 1.54) is 4.90 Å². The second kappa shape index (κ2) is 9.20. The molecule has 0 aromatic heterocycles. The Morgan fingerprint density at radius 2 is 2.04 bits per heavy atom. The summed E-state index contributed by atoms with van der Waals surface area (Å²) in [5.74, 6) is 0.223. The second-order valence-electron chi connectivity index (χ2n) is 5.97. The minimum atomic E-state index is -0.457. The summed E-state index contributed by atoms with van der Waals surface area (Å²) in [6.45, 7) is 0.655. The number of hydrogen-bond donors (Lipinski definition) is 1. The van der Waals surface area contributed by atoms with E-state index >= 15 is 0 Å². The van der Waals surface area contributed by atoms with E-state index in [-0.39, 0.29) is 18.4 Å². The first-order valence-corrected chi connectivity index (χ1v) is 8.88. The first kappa shape index (κ1) is 19.0. The average molecular weight is 398 g/mol. The third-order valence-corrected chi connectivity index (χ3v) is 4.36. The number of nitrogens with zero attached hydrogens (tertiary/aromatic N) is 1. The third-order valence-electron chi connectivity index (χ3n) is 3.83. The monoisotopic (exact) mass is 397 g/mol. The van der Waals surface area contributed by atoms with E-state index in [9.17, 15) is 4.79 Å². The van der Waals surface area contributed by atoms with Gasteiger partial charge < -0.3 is 19.5 Å². The predicted molar refractivity (Wildman–Crippen MR) is 95.4 cm³/mol. The molecule has 1 aliphatic rings. The lowest BCUT2D eigenvalue weighted by atomic mass is 9.93. The topological polar surface area (TPSA) is 59.0 Å². The molecule has 1 amide bonds. The molecular weight excluding hydrogens is 374 g/mol. The predicted octanol–water partition coefficient (Wildman–Crippen LogP) is 3.04. The van der Waals surface area contributed by atoms with Crippen molar-refractivity contribution in [1.82, 2.24) is 4.90 Å². The normalized spacial score (nSPS) is 20.2. The van der Waals surface area contributed by atoms with Gasteiger partial charge in [0.2, 0.25) is 6.29 Å². The van der Waals surface area contributed by atoms with Crippen LogP contribution in [0.25, 0.3) is 0 Å². The van der Waals surface area contributed by atoms with E-state index < -0.39 is 6.29 Å². The molecule has 132 valence electrons. The number of amides is 1. The van der Waals surface area contributed by atoms with Crippen molar-refractivity contribution in [1.29, 1.82) is 0 Å². The van der Waals surface area contributed by atoms with Crippen molar-refractivity contribution in [3.05, 3.63) is 46.1 Å². The van der Waals surface area contributed by atoms with Gasteiger partial charge in [0.25, 0.3) is 5.91 Å². The number of halogens is 1. The highest BCUT2D eigenvalue weighted by Gasteiger charge is 2.29. The van der Waals surface area contributed by atoms with Gasteiger partial charge in [0.05, 0.1) is 6.61 Å². The number of aliphatic hydroxyl groups excluding tert-OH is 1. The van der Waals surface area contributed by atoms with E-state index in [2.05, 4.69) is 15.9 Å². The molecule has 1 aromatic rings. The first-order chi connectivity index (χ1) is 11.5. The maximum absolute atomic E-state index is 12.3. The van der Waals surface area contributed by atoms with Crippen LogP contribution in [0.15, 0.2) is 40.6 Å². The average Bonchev–Trinajstić information content (AvgIpc) is 2.58. The summed E-state index contributed by atoms with van der Waals surface area (Å²) in [5, 5.41) is 8.84. The molecule has 1 aliphatic heterocycles. The largest absolute Gasteiger partial charge is 0.459 e. The van der Waals surface area contributed by atoms with Gasteiger partial charge >= 0.3 is 0 Å². The Morgan fingerprint density at radius 3 is 2.67 bits per heavy atom. The summed E-state index contributed by atoms with van der Waals surface area (Å²) >= 11 is 3.44. The van der Waals surface area contributed by atoms with E-state index in [0.29, 0.717) is 25.2 Å². The van der Waals surface area contributed by atoms with Crippen LogP contribution in [0.4, 0.5) is 0 Å². The molecule has 0 unspecified atom stereocenters. The summed E-state index contributed by atoms with van der Waals surface area (Å²) in [7, 11) is 3.40. The van der Waals surface area contributed by atoms with Gasteiger partial charge in [-0.15, -0.1) is 0 Å². The maximum atomic E-state index is 12.3. The number of aliphatic hydroxyl groups is 1. The van der Waals surface area contributed by atoms with Gasteiger partial charge in [0, 0.05) is 37.5 Å². The minimum Gasteiger partial charge on any atom is -0.459 e. The molecule has 0 spiro atoms. The molecule has 0 aliphatic carbocycles. The third kappa shape index (κ3) is 5.33. The number of carbonyl (C=O) groups excluding carboxylic acids is 1. The zero-order valence-electron chi connectivity index (χ0n) is 14.1. The van der Waals surface area contributed by atoms with Crippen LogP contribution in [0.2, 0.25) is 0 Å². The number of benzene rings is 1. The van der Waals surface area contributed by atoms with Crippen molar-refractivity contribution < 1.29 is 19.4 Å². The van der Waals surface area contributed by atoms with Crippen LogP contribution < -0.4 is 0 Å². The molecule has 1 aromatic carbocycles. The summed E-state index contributed by atoms with van der Waals surface area (Å²) in [6, 6.07) is 8.06. The zero-order chi connectivity index (χ0) is 17.5. The summed E-state index contributed by atoms with van der Waals surface area (Å²) in [6.07, 6.45) is 3.54. The molecule has 5 nitrogen and oxygen atoms in total. The van der Waals surface area contributed by atoms with Crippen LogP contribution in [-0.2, 0) is 14.3 Å². The van der Waals surface area contributed by atoms with Gasteiger partial charge in [-0.1, -0.05) is 28.1 Å². The molecule has 6 heteroatoms. The lowest BCUT2D eigenvalue weighted by Crippen LogP contribution is -2.32. The number of carbonyl (C=O) groups is 1. The number of ether oxygens (including phenoxy) is 2. The van der Waals surface area contributed by atoms with Crippen molar-refractivity contribution in [2.24, 2.45) is 0 Å². The van der Waals surface area contributed by atoms with Gasteiger partial charge in [0.1, 0.15) is 0 Å². The van der Waals surface area contributed by atoms with Crippen LogP contribution in [0.5, 0.6) is 0 Å². The zero-order valence-corrected chi connectivity index (χ0v) is 15.7. The fourth-order valence-corrected chi connectivity index (χ4v) is 2.77. The van der Waals surface area contributed by atoms with E-state index in [1.807, 2.05) is 30.3 Å². The molecule has 1 heterocycles. The molecule has 0 fully saturated rings. The van der Waals surface area contributed by atoms with Gasteiger partial charge in [-0.05, 0) is 36.6 Å². The molecule has 0 saturated heterocycles. The Morgan fingerprint density at radius 1 is 1.33 bits per heavy atom. The molecule has 0 saturated carbocycles. The van der Waals surface area contributed by atoms with Crippen LogP contribution in [-0.4, -0.2) is 49.5 Å². The summed E-state index contributed by atoms with van der Waals surface area (Å²) in [5.41, 5.74) is 1.12. The Labute approximate surface area is 151 Å². The van der Waals surface area contributed by atoms with Gasteiger partial charge in [0.15, 0.2) is 5.76 Å². The molecular formula is C18H24BrNO4. The second-order valence-corrected chi connectivity index (χ2v) is 6.89. The van der Waals surface area contributed by atoms with E-state index in [0.717, 1.165) is 16.5 Å². The van der Waals surface area contributed by atoms with Crippen molar-refractivity contribution in [3.8, 4) is 0 Å². The first-order valence-electron chi connectivity index (χ1n) is 8.09. The van der Waals surface area contributed by atoms with Gasteiger partial charge in [-0.3, -0.25) is 4.79 Å². The molecule has 1 N–H and O–H groups in total. The number of rotatable bonds is 7. The Bertz CT molecular complexity index is 571. The summed E-state index contributed by atoms with van der Waals surface area (Å²) in [4.78, 5) is 13.8. The fourth-order valence-electron chi connectivity index (χ4n) is 2.50. The number of unbranched alkanes of at least 4 members (excludes halogenated alkanes) is 1. The summed E-state index contributed by atoms with van der Waals surface area (Å²) < 4.78 is 12.5. The Hall–Kier alpha value is -1.37. The molecule has 2 atom stereocenters. The van der Waals surface area contributed by atoms with Crippen molar-refractivity contribution in [2.45, 2.75) is 31.5 Å². The number of likely N-dealkylation sites (N-methyl/N-ethyl adjacent to an activating group) is 1. The number of hydrogen-bond acceptors (Lipinski definition) is 4. The Kier molecular flexibility index (Phi) is 7.27. The van der Waals surface area contributed by atoms with Crippen LogP contribution >= 0.6 is 15.9 Å². The SMILES string of the molecule is CN(C)C(=O)C1=C[C@H](c2ccc(Br)cc2)C[C@H](OCCCCO)O1. The van der Waals surface area contributed by atoms with Crippen molar-refractivity contribution >= 4 is 21.8 Å². The van der Waals surface area contributed by atoms with Gasteiger partial charge in [-0.2, -0.15) is 0 Å². The molecule has 24 heavy (non-hydrogen) atoms. The molecule has 0 bridgehead atoms. The lowest BCUT2D eigenvalue weighted by Gasteiger charge is -2.30. The van der Waals surface area contributed by atoms with Crippen LogP contribution in [0.3, 0.4) is 0 Å². The standard InChI is InChI=1S/C18H24BrNO4/c1-20(2)18(22)16-11-14(13-5-7-15(19)8-6-13)12-17(24-16)23-10-4-3-9-21/h5-8,11,14,17,21H,3-4,9-10,12H2,1-2H3/t14-,17+/m0/s1. The highest BCUT2D eigenvalue weighted by molar-refractivity contribution is 9.10. The molecule has 2 rings (SSSR count). The van der Waals surface area contributed by atoms with E-state index in [4.69, 9.17) is 14.6 Å². The lowest BCUT2D eigenvalue weighted by molar-refractivity contribution is -0.151. The van der Waals surface area contributed by atoms with E-state index in [1.54, 1.807) is 14.1 Å². The number of allylic oxidation sites excluding steroid dienone is 1. The highest BCUT2D eigenvalue weighted by Crippen LogP contribution is 2.32. The van der Waals surface area contributed by atoms with Crippen molar-refractivity contribution in [3.63, 3.8) is 0 Å². The highest BCUT2D eigenvalue weighted by atomic mass is 79.9. The molecule has 0 radical (unpaired) electrons. The van der Waals surface area contributed by atoms with Crippen LogP contribution in [0.1, 0.15) is 30.7 Å². The van der Waals surface area contributed by atoms with Crippen molar-refractivity contribution in [2.75, 3.05) is 27.3 Å². The minimum absolute atomic E-state index is 0.0635. The quantitative estimate of drug-likeness (QED) is 0.718.